The number of esters is 1. The number of piperidine rings is 5. The fraction of sp³-hybridized carbons (Fsp3) is 0.378. The number of hydrogen-bond donors (Lipinski definition) is 3. The van der Waals surface area contributed by atoms with Crippen LogP contribution in [0.5, 0.6) is 57.5 Å². The lowest BCUT2D eigenvalue weighted by atomic mass is 9.93. The monoisotopic (exact) mass is 1890 g/mol. The molecule has 5 saturated heterocycles. The molecule has 5 unspecified atom stereocenters. The van der Waals surface area contributed by atoms with Crippen molar-refractivity contribution in [3.05, 3.63) is 259 Å². The van der Waals surface area contributed by atoms with Crippen LogP contribution < -0.4 is 78.0 Å². The number of anilines is 5. The lowest BCUT2D eigenvalue weighted by Gasteiger charge is -2.39. The Morgan fingerprint density at radius 3 is 1.09 bits per heavy atom. The highest BCUT2D eigenvalue weighted by atomic mass is 19.1. The van der Waals surface area contributed by atoms with Gasteiger partial charge in [0.2, 0.25) is 0 Å². The molecule has 0 radical (unpaired) electrons. The molecular formula is C98H101F6N15O18. The van der Waals surface area contributed by atoms with Crippen molar-refractivity contribution >= 4 is 63.4 Å². The number of carbonyl (C=O) groups excluding carboxylic acids is 1. The number of nitrogen functional groups attached to an aromatic ring is 1. The Bertz CT molecular complexity index is 6320. The summed E-state index contributed by atoms with van der Waals surface area (Å²) in [5.41, 5.74) is 15.0. The van der Waals surface area contributed by atoms with Crippen LogP contribution in [0.1, 0.15) is 182 Å². The molecule has 137 heavy (non-hydrogen) atoms. The zero-order valence-corrected chi connectivity index (χ0v) is 74.9. The average molecular weight is 1890 g/mol. The molecule has 0 bridgehead atoms. The highest BCUT2D eigenvalue weighted by Gasteiger charge is 2.38. The molecule has 5 aromatic carbocycles. The van der Waals surface area contributed by atoms with Crippen LogP contribution in [-0.2, 0) is 4.74 Å². The lowest BCUT2D eigenvalue weighted by Crippen LogP contribution is -2.34. The van der Waals surface area contributed by atoms with Crippen LogP contribution >= 0.6 is 0 Å². The lowest BCUT2D eigenvalue weighted by molar-refractivity contribution is -0.389. The Kier molecular flexibility index (Phi) is 29.7. The molecule has 10 aliphatic rings. The minimum Gasteiger partial charge on any atom is -0.486 e. The molecule has 22 rings (SSSR count). The van der Waals surface area contributed by atoms with Gasteiger partial charge in [-0.15, -0.1) is 0 Å². The number of halogens is 6. The molecule has 0 aliphatic carbocycles. The molecule has 0 amide bonds. The molecule has 17 heterocycles. The number of nitrogens with one attached hydrogen (secondary N) is 1. The Morgan fingerprint density at radius 1 is 0.401 bits per heavy atom. The topological polar surface area (TPSA) is 366 Å². The Hall–Kier alpha value is -14.8. The van der Waals surface area contributed by atoms with Crippen molar-refractivity contribution in [3.63, 3.8) is 0 Å². The normalized spacial score (nSPS) is 18.9. The van der Waals surface area contributed by atoms with Gasteiger partial charge in [-0.1, -0.05) is 6.42 Å². The Morgan fingerprint density at radius 2 is 0.745 bits per heavy atom. The van der Waals surface area contributed by atoms with Crippen LogP contribution in [0.25, 0.3) is 11.3 Å². The molecule has 0 spiro atoms. The summed E-state index contributed by atoms with van der Waals surface area (Å²) in [6.45, 7) is 10.8. The van der Waals surface area contributed by atoms with Gasteiger partial charge in [0.05, 0.1) is 72.1 Å². The summed E-state index contributed by atoms with van der Waals surface area (Å²) in [6, 6.07) is 31.0. The van der Waals surface area contributed by atoms with Crippen molar-refractivity contribution in [2.45, 2.75) is 133 Å². The van der Waals surface area contributed by atoms with E-state index in [1.807, 2.05) is 30.5 Å². The number of imidazole rings is 2. The fourth-order valence-electron chi connectivity index (χ4n) is 18.8. The van der Waals surface area contributed by atoms with E-state index in [1.54, 1.807) is 64.5 Å². The molecule has 718 valence electrons. The van der Waals surface area contributed by atoms with Gasteiger partial charge in [-0.05, 0) is 202 Å². The van der Waals surface area contributed by atoms with Crippen molar-refractivity contribution < 1.29 is 103 Å². The minimum atomic E-state index is -1.03. The molecule has 39 heteroatoms. The zero-order chi connectivity index (χ0) is 95.2. The maximum Gasteiger partial charge on any atom is 0.363 e. The van der Waals surface area contributed by atoms with Gasteiger partial charge in [0.25, 0.3) is 0 Å². The highest BCUT2D eigenvalue weighted by Crippen LogP contribution is 2.51. The third-order valence-electron chi connectivity index (χ3n) is 24.9. The molecule has 10 aliphatic heterocycles. The number of hydrogen-bond acceptors (Lipinski definition) is 28. The van der Waals surface area contributed by atoms with Crippen LogP contribution in [0.2, 0.25) is 0 Å². The third-order valence-corrected chi connectivity index (χ3v) is 24.9. The van der Waals surface area contributed by atoms with Crippen LogP contribution in [0.3, 0.4) is 0 Å². The van der Waals surface area contributed by atoms with Crippen LogP contribution in [0.15, 0.2) is 165 Å². The molecular weight excluding hydrogens is 1790 g/mol. The quantitative estimate of drug-likeness (QED) is 0.0394. The smallest absolute Gasteiger partial charge is 0.363 e. The second-order valence-corrected chi connectivity index (χ2v) is 33.6. The fourth-order valence-corrected chi connectivity index (χ4v) is 18.8. The van der Waals surface area contributed by atoms with Gasteiger partial charge in [0.1, 0.15) is 112 Å². The summed E-state index contributed by atoms with van der Waals surface area (Å²) >= 11 is 0. The number of aromatic nitrogens is 7. The van der Waals surface area contributed by atoms with E-state index in [4.69, 9.17) is 57.8 Å². The second-order valence-electron chi connectivity index (χ2n) is 33.6. The first-order valence-electron chi connectivity index (χ1n) is 45.8. The van der Waals surface area contributed by atoms with Crippen LogP contribution in [0.4, 0.5) is 66.5 Å². The van der Waals surface area contributed by atoms with E-state index in [-0.39, 0.29) is 76.6 Å². The molecule has 5 atom stereocenters. The number of rotatable bonds is 14. The predicted molar refractivity (Wildman–Crippen MR) is 491 cm³/mol. The molecule has 5 fully saturated rings. The van der Waals surface area contributed by atoms with Crippen molar-refractivity contribution in [2.75, 3.05) is 131 Å². The van der Waals surface area contributed by atoms with Crippen molar-refractivity contribution in [1.82, 2.24) is 39.0 Å². The van der Waals surface area contributed by atoms with Crippen LogP contribution in [-0.4, -0.2) is 166 Å². The predicted octanol–water partition coefficient (Wildman–Crippen LogP) is 18.3. The molecule has 0 saturated carbocycles. The molecule has 33 nitrogen and oxygen atoms in total. The van der Waals surface area contributed by atoms with E-state index < -0.39 is 27.6 Å². The van der Waals surface area contributed by atoms with Crippen molar-refractivity contribution in [3.8, 4) is 57.5 Å². The number of nitro groups is 2. The van der Waals surface area contributed by atoms with E-state index in [0.29, 0.717) is 147 Å². The van der Waals surface area contributed by atoms with Gasteiger partial charge < -0.3 is 108 Å². The van der Waals surface area contributed by atoms with E-state index in [0.717, 1.165) is 191 Å². The summed E-state index contributed by atoms with van der Waals surface area (Å²) in [5.74, 6) is 1.90. The number of carbonyl (C=O) groups is 2. The SMILES string of the molecule is CCOC(=O)c1cnc2ccc(N3CCCCC3c3cc(F)cc4c3OCCO4)cn12.Fc1cc2c(c(C3CCCCN3)c1)OCCO2.Nc1ccc(N2CCCCC2c2cc(F)cc3c2OCCO3)cn1.O=C(O)c1cnc2ccc(N3CCCCC3c3cc(F)cc4c3OCCO4)cn12.O=[N+]([O-])c1ccc(F)cn1.O=[N+]([O-])c1ccc(N2CCCCC2c2cc(F)cc3c2OCCO3)cn1. The van der Waals surface area contributed by atoms with Gasteiger partial charge in [-0.3, -0.25) is 8.80 Å². The number of pyridine rings is 5. The third kappa shape index (κ3) is 21.8. The average Bonchev–Trinajstić information content (AvgIpc) is 1.22. The molecule has 4 N–H and O–H groups in total. The largest absolute Gasteiger partial charge is 0.486 e. The standard InChI is InChI=1S/C23H24FN3O4.C21H20FN3O4.C18H18FN3O4.C18H20FN3O2.C13H16FNO2.C5H3FN2O2/c1-2-29-23(28)19-13-25-21-7-6-16(14-27(19)21)26-8-4-3-5-18(26)17-11-15(24)12-20-22(17)31-10-9-30-20;22-13-9-15(20-18(10-13)28-7-8-29-20)16-3-1-2-6-24(16)14-4-5-19-23-11-17(21(26)27)25(19)12-14;19-12-9-14(18-16(10-12)25-7-8-26-18)15-3-1-2-6-21(15)13-4-5-17(20-11-13)22(23)24;19-12-9-14(18-16(10-12)23-7-8-24-18)15-3-1-2-6-22(15)13-4-5-17(20)21-11-13;14-9-7-10(11-3-1-2-4-15-11)13-12(8-9)16-5-6-17-13;6-4-1-2-5(7-3-4)8(9)10/h6-7,11-14,18H,2-5,8-10H2,1H3;4-5,9-12,16H,1-3,6-8H2,(H,26,27);4-5,9-11,15H,1-3,6-8H2;4-5,9-11,15H,1-3,6-8H2,(H2,20,21);7-8,11,15H,1-6H2;1-3H. The highest BCUT2D eigenvalue weighted by molar-refractivity contribution is 5.89. The number of nitrogens with two attached hydrogens (primary N) is 1. The van der Waals surface area contributed by atoms with Crippen molar-refractivity contribution in [2.24, 2.45) is 0 Å². The van der Waals surface area contributed by atoms with Gasteiger partial charge in [0, 0.05) is 115 Å². The number of ether oxygens (including phenoxy) is 11. The zero-order valence-electron chi connectivity index (χ0n) is 74.9. The van der Waals surface area contributed by atoms with Gasteiger partial charge >= 0.3 is 23.6 Å². The van der Waals surface area contributed by atoms with Crippen molar-refractivity contribution in [1.29, 1.82) is 0 Å². The van der Waals surface area contributed by atoms with Gasteiger partial charge in [-0.25, -0.2) is 50.9 Å². The number of benzene rings is 5. The summed E-state index contributed by atoms with van der Waals surface area (Å²) in [4.78, 5) is 71.9. The van der Waals surface area contributed by atoms with Gasteiger partial charge in [-0.2, -0.15) is 0 Å². The second kappa shape index (κ2) is 43.3. The van der Waals surface area contributed by atoms with E-state index in [1.165, 1.54) is 80.0 Å². The minimum absolute atomic E-state index is 0.0373. The van der Waals surface area contributed by atoms with Gasteiger partial charge in [0.15, 0.2) is 87.1 Å². The summed E-state index contributed by atoms with van der Waals surface area (Å²) < 4.78 is 148. The number of fused-ring (bicyclic) bond motifs is 7. The first kappa shape index (κ1) is 94.0. The Labute approximate surface area is 782 Å². The maximum atomic E-state index is 14.4. The summed E-state index contributed by atoms with van der Waals surface area (Å²) in [7, 11) is 0. The number of nitrogens with zero attached hydrogens (tertiary/aromatic N) is 13. The first-order chi connectivity index (χ1) is 66.7. The number of aromatic carboxylic acids is 1. The van der Waals surface area contributed by atoms with E-state index in [9.17, 15) is 61.3 Å². The number of carboxylic acid groups (broad SMARTS) is 1. The Balaban J connectivity index is 0.000000117. The van der Waals surface area contributed by atoms with E-state index >= 15 is 0 Å². The summed E-state index contributed by atoms with van der Waals surface area (Å²) in [5, 5.41) is 33.6. The molecule has 12 aromatic rings. The number of carboxylic acids is 1. The molecule has 7 aromatic heterocycles. The summed E-state index contributed by atoms with van der Waals surface area (Å²) in [6.07, 6.45) is 25.8. The van der Waals surface area contributed by atoms with Crippen LogP contribution in [0, 0.1) is 55.1 Å². The first-order valence-corrected chi connectivity index (χ1v) is 45.8. The van der Waals surface area contributed by atoms with E-state index in [2.05, 4.69) is 49.8 Å². The maximum absolute atomic E-state index is 14.4.